The van der Waals surface area contributed by atoms with Crippen LogP contribution < -0.4 is 4.80 Å². The number of hydrogen-bond donors (Lipinski definition) is 0. The van der Waals surface area contributed by atoms with Crippen LogP contribution in [0.1, 0.15) is 17.3 Å². The monoisotopic (exact) mass is 385 g/mol. The number of fused-ring (bicyclic) bond motifs is 1. The lowest BCUT2D eigenvalue weighted by Crippen LogP contribution is -2.23. The Kier molecular flexibility index (Phi) is 5.41. The second-order valence-corrected chi connectivity index (χ2v) is 6.48. The molecule has 0 aliphatic carbocycles. The zero-order chi connectivity index (χ0) is 19.4. The highest BCUT2D eigenvalue weighted by molar-refractivity contribution is 7.16. The Morgan fingerprint density at radius 3 is 2.63 bits per heavy atom. The Balaban J connectivity index is 2.15. The van der Waals surface area contributed by atoms with Crippen molar-refractivity contribution in [1.82, 2.24) is 4.57 Å². The normalized spacial score (nSPS) is 11.5. The number of ether oxygens (including phenoxy) is 1. The molecule has 2 aromatic carbocycles. The van der Waals surface area contributed by atoms with Crippen LogP contribution in [0.4, 0.5) is 5.69 Å². The summed E-state index contributed by atoms with van der Waals surface area (Å²) in [6, 6.07) is 12.8. The van der Waals surface area contributed by atoms with Gasteiger partial charge in [0.15, 0.2) is 4.80 Å². The molecule has 8 nitrogen and oxygen atoms in total. The molecule has 27 heavy (non-hydrogen) atoms. The molecule has 0 atom stereocenters. The quantitative estimate of drug-likeness (QED) is 0.382. The van der Waals surface area contributed by atoms with Crippen molar-refractivity contribution in [2.45, 2.75) is 13.5 Å². The van der Waals surface area contributed by atoms with Crippen LogP contribution >= 0.6 is 11.3 Å². The number of aromatic nitrogens is 1. The topological polar surface area (TPSA) is 104 Å². The van der Waals surface area contributed by atoms with Gasteiger partial charge in [-0.25, -0.2) is 0 Å². The smallest absolute Gasteiger partial charge is 0.326 e. The van der Waals surface area contributed by atoms with E-state index in [4.69, 9.17) is 4.74 Å². The molecule has 0 aliphatic heterocycles. The first-order valence-corrected chi connectivity index (χ1v) is 8.88. The number of esters is 1. The minimum absolute atomic E-state index is 0.112. The van der Waals surface area contributed by atoms with Crippen LogP contribution in [0, 0.1) is 10.1 Å². The first-order valence-electron chi connectivity index (χ1n) is 8.07. The van der Waals surface area contributed by atoms with E-state index in [1.54, 1.807) is 43.3 Å². The lowest BCUT2D eigenvalue weighted by Gasteiger charge is -2.05. The van der Waals surface area contributed by atoms with Gasteiger partial charge in [0.05, 0.1) is 21.7 Å². The van der Waals surface area contributed by atoms with E-state index in [0.29, 0.717) is 15.8 Å². The number of amides is 1. The Hall–Kier alpha value is -3.33. The van der Waals surface area contributed by atoms with E-state index in [1.165, 1.54) is 28.0 Å². The summed E-state index contributed by atoms with van der Waals surface area (Å²) in [6.07, 6.45) is 0. The fraction of sp³-hybridized carbons (Fsp3) is 0.167. The molecule has 1 amide bonds. The van der Waals surface area contributed by atoms with Crippen molar-refractivity contribution in [3.8, 4) is 0 Å². The third-order valence-electron chi connectivity index (χ3n) is 3.69. The maximum absolute atomic E-state index is 12.4. The number of nitro groups is 1. The molecule has 0 fully saturated rings. The molecule has 0 unspecified atom stereocenters. The molecular formula is C18H15N3O5S. The van der Waals surface area contributed by atoms with Crippen LogP contribution in [0.25, 0.3) is 10.2 Å². The number of carbonyl (C=O) groups excluding carboxylic acids is 2. The fourth-order valence-corrected chi connectivity index (χ4v) is 3.49. The molecule has 3 aromatic rings. The maximum Gasteiger partial charge on any atom is 0.326 e. The number of thiazole rings is 1. The van der Waals surface area contributed by atoms with Crippen molar-refractivity contribution >= 4 is 39.1 Å². The van der Waals surface area contributed by atoms with E-state index in [-0.39, 0.29) is 23.6 Å². The summed E-state index contributed by atoms with van der Waals surface area (Å²) in [5.74, 6) is -0.980. The van der Waals surface area contributed by atoms with Gasteiger partial charge in [0.2, 0.25) is 0 Å². The molecular weight excluding hydrogens is 370 g/mol. The zero-order valence-electron chi connectivity index (χ0n) is 14.3. The van der Waals surface area contributed by atoms with Crippen LogP contribution in [0.2, 0.25) is 0 Å². The SMILES string of the molecule is CCOC(=O)Cn1c(=NC(=O)c2ccccc2)sc2ccc([N+](=O)[O-])cc21. The minimum atomic E-state index is -0.516. The number of nitro benzene ring substituents is 1. The number of benzene rings is 2. The summed E-state index contributed by atoms with van der Waals surface area (Å²) < 4.78 is 7.11. The van der Waals surface area contributed by atoms with Gasteiger partial charge >= 0.3 is 5.97 Å². The molecule has 0 N–H and O–H groups in total. The predicted molar refractivity (Wildman–Crippen MR) is 99.4 cm³/mol. The fourth-order valence-electron chi connectivity index (χ4n) is 2.48. The minimum Gasteiger partial charge on any atom is -0.465 e. The van der Waals surface area contributed by atoms with Crippen molar-refractivity contribution in [1.29, 1.82) is 0 Å². The van der Waals surface area contributed by atoms with Crippen molar-refractivity contribution in [2.75, 3.05) is 6.61 Å². The van der Waals surface area contributed by atoms with E-state index in [0.717, 1.165) is 0 Å². The Morgan fingerprint density at radius 1 is 1.22 bits per heavy atom. The molecule has 0 saturated heterocycles. The lowest BCUT2D eigenvalue weighted by molar-refractivity contribution is -0.384. The van der Waals surface area contributed by atoms with Gasteiger partial charge in [-0.15, -0.1) is 0 Å². The summed E-state index contributed by atoms with van der Waals surface area (Å²) in [4.78, 5) is 39.4. The number of rotatable bonds is 5. The summed E-state index contributed by atoms with van der Waals surface area (Å²) in [5.41, 5.74) is 0.740. The second-order valence-electron chi connectivity index (χ2n) is 5.47. The van der Waals surface area contributed by atoms with Crippen LogP contribution in [-0.4, -0.2) is 28.0 Å². The molecule has 9 heteroatoms. The molecule has 0 bridgehead atoms. The van der Waals surface area contributed by atoms with Crippen molar-refractivity contribution in [3.63, 3.8) is 0 Å². The van der Waals surface area contributed by atoms with Crippen LogP contribution in [0.15, 0.2) is 53.5 Å². The average molecular weight is 385 g/mol. The molecule has 3 rings (SSSR count). The van der Waals surface area contributed by atoms with Crippen molar-refractivity contribution in [3.05, 3.63) is 69.0 Å². The summed E-state index contributed by atoms with van der Waals surface area (Å²) in [7, 11) is 0. The molecule has 1 aromatic heterocycles. The van der Waals surface area contributed by atoms with E-state index in [9.17, 15) is 19.7 Å². The number of carbonyl (C=O) groups is 2. The average Bonchev–Trinajstić information content (AvgIpc) is 2.99. The second kappa shape index (κ2) is 7.92. The van der Waals surface area contributed by atoms with Gasteiger partial charge in [0, 0.05) is 17.7 Å². The largest absolute Gasteiger partial charge is 0.465 e. The van der Waals surface area contributed by atoms with E-state index in [1.807, 2.05) is 0 Å². The molecule has 138 valence electrons. The summed E-state index contributed by atoms with van der Waals surface area (Å²) in [5, 5.41) is 11.1. The third-order valence-corrected chi connectivity index (χ3v) is 4.75. The van der Waals surface area contributed by atoms with Crippen LogP contribution in [0.5, 0.6) is 0 Å². The van der Waals surface area contributed by atoms with Gasteiger partial charge in [-0.2, -0.15) is 4.99 Å². The predicted octanol–water partition coefficient (Wildman–Crippen LogP) is 2.92. The Labute approximate surface area is 157 Å². The van der Waals surface area contributed by atoms with Crippen LogP contribution in [0.3, 0.4) is 0 Å². The van der Waals surface area contributed by atoms with Crippen molar-refractivity contribution < 1.29 is 19.2 Å². The zero-order valence-corrected chi connectivity index (χ0v) is 15.1. The van der Waals surface area contributed by atoms with Gasteiger partial charge in [0.1, 0.15) is 6.54 Å². The Morgan fingerprint density at radius 2 is 1.96 bits per heavy atom. The van der Waals surface area contributed by atoms with E-state index >= 15 is 0 Å². The van der Waals surface area contributed by atoms with Gasteiger partial charge in [-0.3, -0.25) is 19.7 Å². The number of non-ortho nitro benzene ring substituents is 1. The highest BCUT2D eigenvalue weighted by Gasteiger charge is 2.16. The standard InChI is InChI=1S/C18H15N3O5S/c1-2-26-16(22)11-20-14-10-13(21(24)25)8-9-15(14)27-18(20)19-17(23)12-6-4-3-5-7-12/h3-10H,2,11H2,1H3. The highest BCUT2D eigenvalue weighted by Crippen LogP contribution is 2.23. The summed E-state index contributed by atoms with van der Waals surface area (Å²) >= 11 is 1.17. The van der Waals surface area contributed by atoms with Crippen LogP contribution in [-0.2, 0) is 16.1 Å². The van der Waals surface area contributed by atoms with Gasteiger partial charge in [0.25, 0.3) is 11.6 Å². The molecule has 1 heterocycles. The lowest BCUT2D eigenvalue weighted by atomic mass is 10.2. The van der Waals surface area contributed by atoms with Gasteiger partial charge < -0.3 is 9.30 Å². The van der Waals surface area contributed by atoms with Gasteiger partial charge in [-0.05, 0) is 25.1 Å². The molecule has 0 saturated carbocycles. The molecule has 0 spiro atoms. The molecule has 0 radical (unpaired) electrons. The van der Waals surface area contributed by atoms with E-state index < -0.39 is 16.8 Å². The van der Waals surface area contributed by atoms with Gasteiger partial charge in [-0.1, -0.05) is 29.5 Å². The number of hydrogen-bond acceptors (Lipinski definition) is 6. The first-order chi connectivity index (χ1) is 13.0. The first kappa shape index (κ1) is 18.5. The molecule has 0 aliphatic rings. The summed E-state index contributed by atoms with van der Waals surface area (Å²) in [6.45, 7) is 1.69. The highest BCUT2D eigenvalue weighted by atomic mass is 32.1. The maximum atomic E-state index is 12.4. The Bertz CT molecular complexity index is 1090. The number of nitrogens with zero attached hydrogens (tertiary/aromatic N) is 3. The van der Waals surface area contributed by atoms with Crippen molar-refractivity contribution in [2.24, 2.45) is 4.99 Å². The third kappa shape index (κ3) is 4.09. The van der Waals surface area contributed by atoms with E-state index in [2.05, 4.69) is 4.99 Å².